The first kappa shape index (κ1) is 19.0. The topological polar surface area (TPSA) is 77.3 Å². The number of aromatic nitrogens is 3. The lowest BCUT2D eigenvalue weighted by Gasteiger charge is -2.42. The van der Waals surface area contributed by atoms with E-state index >= 15 is 0 Å². The van der Waals surface area contributed by atoms with E-state index in [9.17, 15) is 12.8 Å². The third-order valence-electron chi connectivity index (χ3n) is 6.82. The van der Waals surface area contributed by atoms with Gasteiger partial charge in [0.2, 0.25) is 10.0 Å². The van der Waals surface area contributed by atoms with Crippen molar-refractivity contribution in [1.82, 2.24) is 19.1 Å². The minimum atomic E-state index is -3.89. The molecule has 1 spiro atoms. The Morgan fingerprint density at radius 3 is 2.76 bits per heavy atom. The Bertz CT molecular complexity index is 1030. The van der Waals surface area contributed by atoms with Gasteiger partial charge in [0.05, 0.1) is 7.11 Å². The van der Waals surface area contributed by atoms with Crippen LogP contribution in [0.25, 0.3) is 0 Å². The van der Waals surface area contributed by atoms with Crippen molar-refractivity contribution in [2.75, 3.05) is 20.2 Å². The molecule has 1 aromatic heterocycles. The molecule has 3 aliphatic rings. The molecule has 1 aliphatic heterocycles. The van der Waals surface area contributed by atoms with Gasteiger partial charge in [-0.1, -0.05) is 6.42 Å². The number of benzene rings is 1. The Morgan fingerprint density at radius 1 is 1.31 bits per heavy atom. The van der Waals surface area contributed by atoms with Gasteiger partial charge < -0.3 is 9.30 Å². The van der Waals surface area contributed by atoms with Crippen LogP contribution in [0, 0.1) is 17.2 Å². The number of sulfonamides is 1. The highest BCUT2D eigenvalue weighted by atomic mass is 32.2. The first-order valence-electron chi connectivity index (χ1n) is 10.1. The molecule has 0 radical (unpaired) electrons. The van der Waals surface area contributed by atoms with E-state index in [1.165, 1.54) is 36.4 Å². The molecule has 1 saturated heterocycles. The standard InChI is InChI=1S/C20H25FN4O3S/c1-28-17-6-5-15(21)9-18(17)29(26,27)25-11-16(20(12-25)7-2-8-20)19-23-22-13-24(19)10-14-3-4-14/h5-6,9,13-14,16H,2-4,7-8,10-12H2,1H3. The van der Waals surface area contributed by atoms with Gasteiger partial charge in [0.1, 0.15) is 28.6 Å². The van der Waals surface area contributed by atoms with Crippen LogP contribution in [0.1, 0.15) is 43.8 Å². The van der Waals surface area contributed by atoms with E-state index in [0.717, 1.165) is 37.7 Å². The molecule has 1 atom stereocenters. The second-order valence-electron chi connectivity index (χ2n) is 8.65. The molecule has 0 amide bonds. The molecule has 2 aliphatic carbocycles. The number of hydrogen-bond acceptors (Lipinski definition) is 5. The van der Waals surface area contributed by atoms with Gasteiger partial charge in [-0.2, -0.15) is 4.31 Å². The molecule has 9 heteroatoms. The van der Waals surface area contributed by atoms with Crippen LogP contribution in [0.2, 0.25) is 0 Å². The molecule has 3 fully saturated rings. The Hall–Kier alpha value is -2.00. The number of hydrogen-bond donors (Lipinski definition) is 0. The van der Waals surface area contributed by atoms with Gasteiger partial charge in [-0.25, -0.2) is 12.8 Å². The molecule has 5 rings (SSSR count). The van der Waals surface area contributed by atoms with Gasteiger partial charge in [0.25, 0.3) is 0 Å². The highest BCUT2D eigenvalue weighted by Crippen LogP contribution is 2.56. The molecule has 2 aromatic rings. The van der Waals surface area contributed by atoms with Crippen molar-refractivity contribution in [3.05, 3.63) is 36.2 Å². The van der Waals surface area contributed by atoms with E-state index in [-0.39, 0.29) is 22.0 Å². The van der Waals surface area contributed by atoms with Gasteiger partial charge in [0.15, 0.2) is 0 Å². The van der Waals surface area contributed by atoms with E-state index in [0.29, 0.717) is 19.0 Å². The third-order valence-corrected chi connectivity index (χ3v) is 8.65. The van der Waals surface area contributed by atoms with E-state index in [2.05, 4.69) is 14.8 Å². The molecule has 2 heterocycles. The monoisotopic (exact) mass is 420 g/mol. The zero-order valence-electron chi connectivity index (χ0n) is 16.4. The number of ether oxygens (including phenoxy) is 1. The summed E-state index contributed by atoms with van der Waals surface area (Å²) in [6.45, 7) is 1.67. The maximum absolute atomic E-state index is 13.9. The zero-order chi connectivity index (χ0) is 20.2. The minimum absolute atomic E-state index is 0.00632. The highest BCUT2D eigenvalue weighted by molar-refractivity contribution is 7.89. The van der Waals surface area contributed by atoms with Crippen LogP contribution >= 0.6 is 0 Å². The SMILES string of the molecule is COc1ccc(F)cc1S(=O)(=O)N1CC(c2nncn2CC2CC2)C2(CCC2)C1. The van der Waals surface area contributed by atoms with E-state index in [1.54, 1.807) is 6.33 Å². The summed E-state index contributed by atoms with van der Waals surface area (Å²) in [5.41, 5.74) is -0.109. The van der Waals surface area contributed by atoms with Crippen molar-refractivity contribution in [2.24, 2.45) is 11.3 Å². The predicted molar refractivity (Wildman–Crippen MR) is 103 cm³/mol. The fraction of sp³-hybridized carbons (Fsp3) is 0.600. The van der Waals surface area contributed by atoms with Crippen molar-refractivity contribution < 1.29 is 17.5 Å². The lowest BCUT2D eigenvalue weighted by atomic mass is 9.62. The van der Waals surface area contributed by atoms with Gasteiger partial charge in [0, 0.05) is 25.6 Å². The van der Waals surface area contributed by atoms with Crippen molar-refractivity contribution >= 4 is 10.0 Å². The number of rotatable bonds is 6. The summed E-state index contributed by atoms with van der Waals surface area (Å²) in [4.78, 5) is -0.116. The van der Waals surface area contributed by atoms with Crippen LogP contribution in [0.3, 0.4) is 0 Å². The summed E-state index contributed by atoms with van der Waals surface area (Å²) in [5, 5.41) is 8.53. The first-order valence-corrected chi connectivity index (χ1v) is 11.6. The van der Waals surface area contributed by atoms with Gasteiger partial charge in [-0.3, -0.25) is 0 Å². The average Bonchev–Trinajstić information content (AvgIpc) is 3.20. The van der Waals surface area contributed by atoms with E-state index in [4.69, 9.17) is 4.74 Å². The maximum atomic E-state index is 13.9. The second-order valence-corrected chi connectivity index (χ2v) is 10.6. The minimum Gasteiger partial charge on any atom is -0.495 e. The Kier molecular flexibility index (Phi) is 4.43. The van der Waals surface area contributed by atoms with Crippen molar-refractivity contribution in [3.63, 3.8) is 0 Å². The number of methoxy groups -OCH3 is 1. The van der Waals surface area contributed by atoms with Crippen LogP contribution in [-0.4, -0.2) is 47.7 Å². The van der Waals surface area contributed by atoms with E-state index in [1.807, 2.05) is 0 Å². The zero-order valence-corrected chi connectivity index (χ0v) is 17.2. The molecule has 0 bridgehead atoms. The van der Waals surface area contributed by atoms with Crippen LogP contribution in [0.5, 0.6) is 5.75 Å². The Labute approximate surface area is 169 Å². The lowest BCUT2D eigenvalue weighted by molar-refractivity contribution is 0.125. The van der Waals surface area contributed by atoms with Crippen molar-refractivity contribution in [2.45, 2.75) is 49.5 Å². The molecule has 7 nitrogen and oxygen atoms in total. The largest absolute Gasteiger partial charge is 0.495 e. The highest BCUT2D eigenvalue weighted by Gasteiger charge is 2.55. The van der Waals surface area contributed by atoms with Crippen molar-refractivity contribution in [3.8, 4) is 5.75 Å². The van der Waals surface area contributed by atoms with Gasteiger partial charge in [-0.15, -0.1) is 10.2 Å². The molecule has 156 valence electrons. The summed E-state index contributed by atoms with van der Waals surface area (Å²) in [5.74, 6) is 1.14. The van der Waals surface area contributed by atoms with Gasteiger partial charge >= 0.3 is 0 Å². The summed E-state index contributed by atoms with van der Waals surface area (Å²) in [6, 6.07) is 3.62. The Morgan fingerprint density at radius 2 is 2.10 bits per heavy atom. The predicted octanol–water partition coefficient (Wildman–Crippen LogP) is 2.79. The van der Waals surface area contributed by atoms with Gasteiger partial charge in [-0.05, 0) is 55.2 Å². The van der Waals surface area contributed by atoms with Crippen LogP contribution < -0.4 is 4.74 Å². The molecule has 1 unspecified atom stereocenters. The fourth-order valence-corrected chi connectivity index (χ4v) is 6.56. The van der Waals surface area contributed by atoms with Crippen LogP contribution in [0.4, 0.5) is 4.39 Å². The Balaban J connectivity index is 1.49. The lowest BCUT2D eigenvalue weighted by Crippen LogP contribution is -2.38. The number of halogens is 1. The quantitative estimate of drug-likeness (QED) is 0.718. The normalized spacial score (nSPS) is 24.0. The second kappa shape index (κ2) is 6.77. The fourth-order valence-electron chi connectivity index (χ4n) is 4.84. The average molecular weight is 421 g/mol. The molecule has 29 heavy (non-hydrogen) atoms. The van der Waals surface area contributed by atoms with Crippen molar-refractivity contribution in [1.29, 1.82) is 0 Å². The molecular formula is C20H25FN4O3S. The third kappa shape index (κ3) is 3.15. The number of nitrogens with zero attached hydrogens (tertiary/aromatic N) is 4. The molecule has 1 aromatic carbocycles. The van der Waals surface area contributed by atoms with Crippen LogP contribution in [-0.2, 0) is 16.6 Å². The molecule has 0 N–H and O–H groups in total. The summed E-state index contributed by atoms with van der Waals surface area (Å²) >= 11 is 0. The summed E-state index contributed by atoms with van der Waals surface area (Å²) in [7, 11) is -2.49. The van der Waals surface area contributed by atoms with E-state index < -0.39 is 15.8 Å². The summed E-state index contributed by atoms with van der Waals surface area (Å²) < 4.78 is 49.5. The summed E-state index contributed by atoms with van der Waals surface area (Å²) in [6.07, 6.45) is 7.26. The molecular weight excluding hydrogens is 395 g/mol. The smallest absolute Gasteiger partial charge is 0.246 e. The maximum Gasteiger partial charge on any atom is 0.246 e. The molecule has 2 saturated carbocycles. The first-order chi connectivity index (χ1) is 13.9. The van der Waals surface area contributed by atoms with Crippen LogP contribution in [0.15, 0.2) is 29.4 Å².